The summed E-state index contributed by atoms with van der Waals surface area (Å²) in [5, 5.41) is 11.9. The zero-order valence-electron chi connectivity index (χ0n) is 11.2. The third-order valence-corrected chi connectivity index (χ3v) is 5.19. The first kappa shape index (κ1) is 14.5. The SMILES string of the molecule is O=C(Nc1ccc(Br)cc1F)[C@@H]1[C@H]2CC[C@@H](C2)[C@@H]1C(=O)O. The number of carbonyl (C=O) groups is 2. The Kier molecular flexibility index (Phi) is 3.73. The van der Waals surface area contributed by atoms with Crippen LogP contribution in [0.3, 0.4) is 0 Å². The maximum atomic E-state index is 13.8. The zero-order chi connectivity index (χ0) is 15.1. The fourth-order valence-corrected chi connectivity index (χ4v) is 4.16. The largest absolute Gasteiger partial charge is 0.481 e. The molecular formula is C15H15BrFNO3. The number of hydrogen-bond acceptors (Lipinski definition) is 2. The molecule has 2 N–H and O–H groups in total. The second kappa shape index (κ2) is 5.40. The molecule has 3 rings (SSSR count). The average molecular weight is 356 g/mol. The molecule has 2 aliphatic rings. The van der Waals surface area contributed by atoms with E-state index in [1.807, 2.05) is 0 Å². The molecule has 2 saturated carbocycles. The highest BCUT2D eigenvalue weighted by Gasteiger charge is 2.54. The van der Waals surface area contributed by atoms with Crippen LogP contribution in [0.2, 0.25) is 0 Å². The fourth-order valence-electron chi connectivity index (χ4n) is 3.83. The van der Waals surface area contributed by atoms with Crippen LogP contribution in [0, 0.1) is 29.5 Å². The molecule has 112 valence electrons. The summed E-state index contributed by atoms with van der Waals surface area (Å²) in [6.07, 6.45) is 2.55. The van der Waals surface area contributed by atoms with Crippen molar-refractivity contribution < 1.29 is 19.1 Å². The third-order valence-electron chi connectivity index (χ3n) is 4.69. The van der Waals surface area contributed by atoms with Crippen molar-refractivity contribution in [2.45, 2.75) is 19.3 Å². The molecule has 1 aromatic carbocycles. The first-order chi connectivity index (χ1) is 9.97. The number of nitrogens with one attached hydrogen (secondary N) is 1. The highest BCUT2D eigenvalue weighted by Crippen LogP contribution is 2.52. The van der Waals surface area contributed by atoms with Crippen molar-refractivity contribution in [1.29, 1.82) is 0 Å². The van der Waals surface area contributed by atoms with Gasteiger partial charge in [-0.15, -0.1) is 0 Å². The van der Waals surface area contributed by atoms with Gasteiger partial charge >= 0.3 is 5.97 Å². The molecule has 4 nitrogen and oxygen atoms in total. The first-order valence-corrected chi connectivity index (χ1v) is 7.75. The van der Waals surface area contributed by atoms with E-state index in [0.717, 1.165) is 19.3 Å². The Labute approximate surface area is 129 Å². The van der Waals surface area contributed by atoms with Crippen LogP contribution >= 0.6 is 15.9 Å². The van der Waals surface area contributed by atoms with Crippen LogP contribution in [0.1, 0.15) is 19.3 Å². The predicted octanol–water partition coefficient (Wildman–Crippen LogP) is 3.27. The van der Waals surface area contributed by atoms with Crippen molar-refractivity contribution in [1.82, 2.24) is 0 Å². The lowest BCUT2D eigenvalue weighted by Crippen LogP contribution is -2.38. The summed E-state index contributed by atoms with van der Waals surface area (Å²) < 4.78 is 14.4. The van der Waals surface area contributed by atoms with Crippen molar-refractivity contribution in [3.05, 3.63) is 28.5 Å². The molecule has 2 bridgehead atoms. The molecule has 0 radical (unpaired) electrons. The lowest BCUT2D eigenvalue weighted by Gasteiger charge is -2.27. The van der Waals surface area contributed by atoms with Gasteiger partial charge in [0.05, 0.1) is 17.5 Å². The maximum absolute atomic E-state index is 13.8. The van der Waals surface area contributed by atoms with Gasteiger partial charge in [-0.25, -0.2) is 4.39 Å². The number of halogens is 2. The van der Waals surface area contributed by atoms with E-state index < -0.39 is 23.6 Å². The molecule has 1 aromatic rings. The molecular weight excluding hydrogens is 341 g/mol. The predicted molar refractivity (Wildman–Crippen MR) is 78.2 cm³/mol. The lowest BCUT2D eigenvalue weighted by atomic mass is 9.78. The Morgan fingerprint density at radius 2 is 1.90 bits per heavy atom. The van der Waals surface area contributed by atoms with Crippen LogP contribution in [0.5, 0.6) is 0 Å². The van der Waals surface area contributed by atoms with E-state index in [1.54, 1.807) is 6.07 Å². The molecule has 0 aromatic heterocycles. The molecule has 6 heteroatoms. The van der Waals surface area contributed by atoms with E-state index in [2.05, 4.69) is 21.2 Å². The van der Waals surface area contributed by atoms with Crippen molar-refractivity contribution in [2.24, 2.45) is 23.7 Å². The highest BCUT2D eigenvalue weighted by molar-refractivity contribution is 9.10. The Hall–Kier alpha value is -1.43. The highest BCUT2D eigenvalue weighted by atomic mass is 79.9. The maximum Gasteiger partial charge on any atom is 0.307 e. The molecule has 2 fully saturated rings. The van der Waals surface area contributed by atoms with Gasteiger partial charge in [-0.2, -0.15) is 0 Å². The third kappa shape index (κ3) is 2.57. The van der Waals surface area contributed by atoms with Gasteiger partial charge in [0.25, 0.3) is 0 Å². The van der Waals surface area contributed by atoms with Crippen LogP contribution < -0.4 is 5.32 Å². The fraction of sp³-hybridized carbons (Fsp3) is 0.467. The second-order valence-corrected chi connectivity index (χ2v) is 6.75. The van der Waals surface area contributed by atoms with E-state index in [1.165, 1.54) is 12.1 Å². The van der Waals surface area contributed by atoms with Gasteiger partial charge in [0.1, 0.15) is 5.82 Å². The summed E-state index contributed by atoms with van der Waals surface area (Å²) in [4.78, 5) is 23.8. The van der Waals surface area contributed by atoms with Gasteiger partial charge < -0.3 is 10.4 Å². The van der Waals surface area contributed by atoms with Crippen molar-refractivity contribution in [2.75, 3.05) is 5.32 Å². The summed E-state index contributed by atoms with van der Waals surface area (Å²) in [6, 6.07) is 4.37. The van der Waals surface area contributed by atoms with E-state index in [4.69, 9.17) is 0 Å². The number of anilines is 1. The Morgan fingerprint density at radius 1 is 1.24 bits per heavy atom. The molecule has 2 aliphatic carbocycles. The van der Waals surface area contributed by atoms with Crippen LogP contribution in [0.4, 0.5) is 10.1 Å². The summed E-state index contributed by atoms with van der Waals surface area (Å²) >= 11 is 3.15. The minimum absolute atomic E-state index is 0.0815. The number of amides is 1. The molecule has 0 unspecified atom stereocenters. The van der Waals surface area contributed by atoms with E-state index in [9.17, 15) is 19.1 Å². The van der Waals surface area contributed by atoms with E-state index in [-0.39, 0.29) is 23.4 Å². The molecule has 0 saturated heterocycles. The number of carboxylic acids is 1. The van der Waals surface area contributed by atoms with Crippen LogP contribution in [-0.2, 0) is 9.59 Å². The average Bonchev–Trinajstić information content (AvgIpc) is 3.02. The topological polar surface area (TPSA) is 66.4 Å². The van der Waals surface area contributed by atoms with E-state index >= 15 is 0 Å². The smallest absolute Gasteiger partial charge is 0.307 e. The molecule has 0 spiro atoms. The van der Waals surface area contributed by atoms with Gasteiger partial charge in [0.2, 0.25) is 5.91 Å². The van der Waals surface area contributed by atoms with E-state index in [0.29, 0.717) is 4.47 Å². The number of benzene rings is 1. The number of hydrogen-bond donors (Lipinski definition) is 2. The summed E-state index contributed by atoms with van der Waals surface area (Å²) in [5.41, 5.74) is 0.0927. The first-order valence-electron chi connectivity index (χ1n) is 6.96. The summed E-state index contributed by atoms with van der Waals surface area (Å²) in [5.74, 6) is -2.83. The molecule has 0 aliphatic heterocycles. The second-order valence-electron chi connectivity index (χ2n) is 5.84. The standard InChI is InChI=1S/C15H15BrFNO3/c16-9-3-4-11(10(17)6-9)18-14(19)12-7-1-2-8(5-7)13(12)15(20)21/h3-4,6-8,12-13H,1-2,5H2,(H,18,19)(H,20,21)/t7-,8-,12+,13-/m0/s1. The van der Waals surface area contributed by atoms with Crippen LogP contribution in [-0.4, -0.2) is 17.0 Å². The van der Waals surface area contributed by atoms with Crippen LogP contribution in [0.15, 0.2) is 22.7 Å². The normalized spacial score (nSPS) is 30.4. The number of carboxylic acid groups (broad SMARTS) is 1. The summed E-state index contributed by atoms with van der Waals surface area (Å²) in [7, 11) is 0. The van der Waals surface area contributed by atoms with Crippen molar-refractivity contribution in [3.63, 3.8) is 0 Å². The van der Waals surface area contributed by atoms with Gasteiger partial charge in [0, 0.05) is 4.47 Å². The van der Waals surface area contributed by atoms with Crippen molar-refractivity contribution >= 4 is 33.5 Å². The molecule has 21 heavy (non-hydrogen) atoms. The van der Waals surface area contributed by atoms with Gasteiger partial charge in [0.15, 0.2) is 0 Å². The van der Waals surface area contributed by atoms with Gasteiger partial charge in [-0.3, -0.25) is 9.59 Å². The number of fused-ring (bicyclic) bond motifs is 2. The summed E-state index contributed by atoms with van der Waals surface area (Å²) in [6.45, 7) is 0. The molecule has 0 heterocycles. The van der Waals surface area contributed by atoms with Gasteiger partial charge in [-0.1, -0.05) is 15.9 Å². The Bertz CT molecular complexity index is 607. The Morgan fingerprint density at radius 3 is 2.52 bits per heavy atom. The quantitative estimate of drug-likeness (QED) is 0.874. The van der Waals surface area contributed by atoms with Gasteiger partial charge in [-0.05, 0) is 49.3 Å². The molecule has 4 atom stereocenters. The Balaban J connectivity index is 1.80. The monoisotopic (exact) mass is 355 g/mol. The van der Waals surface area contributed by atoms with Crippen molar-refractivity contribution in [3.8, 4) is 0 Å². The minimum Gasteiger partial charge on any atom is -0.481 e. The van der Waals surface area contributed by atoms with Crippen LogP contribution in [0.25, 0.3) is 0 Å². The number of rotatable bonds is 3. The minimum atomic E-state index is -0.918. The zero-order valence-corrected chi connectivity index (χ0v) is 12.8. The lowest BCUT2D eigenvalue weighted by molar-refractivity contribution is -0.148. The molecule has 1 amide bonds. The number of aliphatic carboxylic acids is 1. The number of carbonyl (C=O) groups excluding carboxylic acids is 1.